The first-order valence-electron chi connectivity index (χ1n) is 5.57. The summed E-state index contributed by atoms with van der Waals surface area (Å²) in [5.74, 6) is -1.90. The SMILES string of the molecule is CCOC(=O)c1ccccc1NC(=O)CS(C)(=O)=O. The molecule has 0 aliphatic carbocycles. The number of carbonyl (C=O) groups is 2. The number of anilines is 1. The minimum Gasteiger partial charge on any atom is -0.462 e. The topological polar surface area (TPSA) is 89.5 Å². The van der Waals surface area contributed by atoms with Crippen molar-refractivity contribution in [3.8, 4) is 0 Å². The van der Waals surface area contributed by atoms with Crippen molar-refractivity contribution in [3.05, 3.63) is 29.8 Å². The van der Waals surface area contributed by atoms with Gasteiger partial charge in [-0.1, -0.05) is 12.1 Å². The van der Waals surface area contributed by atoms with Gasteiger partial charge in [0.1, 0.15) is 5.75 Å². The maximum absolute atomic E-state index is 11.6. The molecule has 1 N–H and O–H groups in total. The number of rotatable bonds is 5. The molecule has 0 aromatic heterocycles. The zero-order valence-electron chi connectivity index (χ0n) is 10.7. The number of amides is 1. The van der Waals surface area contributed by atoms with E-state index in [0.717, 1.165) is 6.26 Å². The molecular formula is C12H15NO5S. The van der Waals surface area contributed by atoms with E-state index in [1.807, 2.05) is 0 Å². The van der Waals surface area contributed by atoms with Gasteiger partial charge in [-0.05, 0) is 19.1 Å². The van der Waals surface area contributed by atoms with Crippen LogP contribution >= 0.6 is 0 Å². The first-order valence-corrected chi connectivity index (χ1v) is 7.63. The number of carbonyl (C=O) groups excluding carboxylic acids is 2. The number of ether oxygens (including phenoxy) is 1. The molecule has 0 spiro atoms. The quantitative estimate of drug-likeness (QED) is 0.810. The van der Waals surface area contributed by atoms with E-state index in [2.05, 4.69) is 5.32 Å². The van der Waals surface area contributed by atoms with E-state index in [1.54, 1.807) is 19.1 Å². The number of sulfone groups is 1. The third-order valence-electron chi connectivity index (χ3n) is 2.09. The summed E-state index contributed by atoms with van der Waals surface area (Å²) in [4.78, 5) is 23.2. The molecule has 0 saturated heterocycles. The number of benzene rings is 1. The molecule has 104 valence electrons. The van der Waals surface area contributed by atoms with Crippen molar-refractivity contribution in [2.24, 2.45) is 0 Å². The molecule has 0 aliphatic heterocycles. The molecule has 0 radical (unpaired) electrons. The van der Waals surface area contributed by atoms with Gasteiger partial charge in [0.15, 0.2) is 9.84 Å². The fourth-order valence-electron chi connectivity index (χ4n) is 1.40. The lowest BCUT2D eigenvalue weighted by molar-refractivity contribution is -0.113. The van der Waals surface area contributed by atoms with Crippen LogP contribution in [0.4, 0.5) is 5.69 Å². The molecule has 0 heterocycles. The van der Waals surface area contributed by atoms with Crippen molar-refractivity contribution in [1.82, 2.24) is 0 Å². The van der Waals surface area contributed by atoms with Gasteiger partial charge in [-0.3, -0.25) is 4.79 Å². The fraction of sp³-hybridized carbons (Fsp3) is 0.333. The molecule has 0 fully saturated rings. The summed E-state index contributed by atoms with van der Waals surface area (Å²) >= 11 is 0. The van der Waals surface area contributed by atoms with Crippen LogP contribution in [0.15, 0.2) is 24.3 Å². The van der Waals surface area contributed by atoms with Crippen molar-refractivity contribution < 1.29 is 22.7 Å². The molecule has 0 unspecified atom stereocenters. The number of para-hydroxylation sites is 1. The van der Waals surface area contributed by atoms with E-state index in [4.69, 9.17) is 4.74 Å². The molecule has 1 rings (SSSR count). The van der Waals surface area contributed by atoms with E-state index in [-0.39, 0.29) is 17.9 Å². The standard InChI is InChI=1S/C12H15NO5S/c1-3-18-12(15)9-6-4-5-7-10(9)13-11(14)8-19(2,16)17/h4-7H,3,8H2,1-2H3,(H,13,14). The van der Waals surface area contributed by atoms with Crippen LogP contribution in [0.2, 0.25) is 0 Å². The molecule has 0 aliphatic rings. The van der Waals surface area contributed by atoms with E-state index >= 15 is 0 Å². The van der Waals surface area contributed by atoms with Crippen LogP contribution < -0.4 is 5.32 Å². The Kier molecular flexibility index (Phi) is 5.05. The van der Waals surface area contributed by atoms with Crippen molar-refractivity contribution in [2.75, 3.05) is 23.9 Å². The van der Waals surface area contributed by atoms with Gasteiger partial charge >= 0.3 is 5.97 Å². The average Bonchev–Trinajstić information content (AvgIpc) is 2.27. The summed E-state index contributed by atoms with van der Waals surface area (Å²) in [6.45, 7) is 1.88. The van der Waals surface area contributed by atoms with Crippen molar-refractivity contribution in [3.63, 3.8) is 0 Å². The highest BCUT2D eigenvalue weighted by Crippen LogP contribution is 2.16. The highest BCUT2D eigenvalue weighted by molar-refractivity contribution is 7.91. The summed E-state index contributed by atoms with van der Waals surface area (Å²) in [5.41, 5.74) is 0.417. The van der Waals surface area contributed by atoms with Crippen molar-refractivity contribution >= 4 is 27.4 Å². The van der Waals surface area contributed by atoms with Gasteiger partial charge in [0.05, 0.1) is 17.9 Å². The highest BCUT2D eigenvalue weighted by Gasteiger charge is 2.16. The van der Waals surface area contributed by atoms with E-state index < -0.39 is 27.5 Å². The minimum absolute atomic E-state index is 0.186. The van der Waals surface area contributed by atoms with Gasteiger partial charge in [0.2, 0.25) is 5.91 Å². The zero-order chi connectivity index (χ0) is 14.5. The van der Waals surface area contributed by atoms with Crippen LogP contribution in [0, 0.1) is 0 Å². The minimum atomic E-state index is -3.41. The second-order valence-corrected chi connectivity index (χ2v) is 6.02. The van der Waals surface area contributed by atoms with Gasteiger partial charge in [0, 0.05) is 6.26 Å². The van der Waals surface area contributed by atoms with Gasteiger partial charge in [-0.15, -0.1) is 0 Å². The molecule has 0 atom stereocenters. The van der Waals surface area contributed by atoms with Crippen LogP contribution in [-0.2, 0) is 19.4 Å². The zero-order valence-corrected chi connectivity index (χ0v) is 11.5. The lowest BCUT2D eigenvalue weighted by atomic mass is 10.2. The molecular weight excluding hydrogens is 270 g/mol. The lowest BCUT2D eigenvalue weighted by Gasteiger charge is -2.09. The van der Waals surface area contributed by atoms with Crippen molar-refractivity contribution in [2.45, 2.75) is 6.92 Å². The van der Waals surface area contributed by atoms with Gasteiger partial charge in [0.25, 0.3) is 0 Å². The monoisotopic (exact) mass is 285 g/mol. The molecule has 1 aromatic carbocycles. The Hall–Kier alpha value is -1.89. The predicted octanol–water partition coefficient (Wildman–Crippen LogP) is 0.846. The smallest absolute Gasteiger partial charge is 0.340 e. The summed E-state index contributed by atoms with van der Waals surface area (Å²) in [7, 11) is -3.41. The third-order valence-corrected chi connectivity index (χ3v) is 2.88. The van der Waals surface area contributed by atoms with E-state index in [9.17, 15) is 18.0 Å². The summed E-state index contributed by atoms with van der Waals surface area (Å²) in [6.07, 6.45) is 0.962. The first kappa shape index (κ1) is 15.2. The van der Waals surface area contributed by atoms with E-state index in [1.165, 1.54) is 12.1 Å². The van der Waals surface area contributed by atoms with Gasteiger partial charge < -0.3 is 10.1 Å². The van der Waals surface area contributed by atoms with E-state index in [0.29, 0.717) is 0 Å². The van der Waals surface area contributed by atoms with Crippen LogP contribution in [0.1, 0.15) is 17.3 Å². The lowest BCUT2D eigenvalue weighted by Crippen LogP contribution is -2.23. The fourth-order valence-corrected chi connectivity index (χ4v) is 1.95. The van der Waals surface area contributed by atoms with Gasteiger partial charge in [-0.2, -0.15) is 0 Å². The summed E-state index contributed by atoms with van der Waals surface area (Å²) < 4.78 is 26.8. The Morgan fingerprint density at radius 1 is 1.26 bits per heavy atom. The highest BCUT2D eigenvalue weighted by atomic mass is 32.2. The van der Waals surface area contributed by atoms with Gasteiger partial charge in [-0.25, -0.2) is 13.2 Å². The Balaban J connectivity index is 2.90. The predicted molar refractivity (Wildman–Crippen MR) is 70.7 cm³/mol. The van der Waals surface area contributed by atoms with Crippen molar-refractivity contribution in [1.29, 1.82) is 0 Å². The second-order valence-electron chi connectivity index (χ2n) is 3.88. The molecule has 0 bridgehead atoms. The summed E-state index contributed by atoms with van der Waals surface area (Å²) in [6, 6.07) is 6.25. The molecule has 1 amide bonds. The Bertz CT molecular complexity index is 580. The molecule has 19 heavy (non-hydrogen) atoms. The molecule has 6 nitrogen and oxygen atoms in total. The average molecular weight is 285 g/mol. The Morgan fingerprint density at radius 2 is 1.89 bits per heavy atom. The normalized spacial score (nSPS) is 10.8. The molecule has 1 aromatic rings. The first-order chi connectivity index (χ1) is 8.83. The van der Waals surface area contributed by atoms with Crippen LogP contribution in [0.5, 0.6) is 0 Å². The Morgan fingerprint density at radius 3 is 2.47 bits per heavy atom. The van der Waals surface area contributed by atoms with Crippen LogP contribution in [-0.4, -0.2) is 38.9 Å². The number of hydrogen-bond acceptors (Lipinski definition) is 5. The molecule has 0 saturated carbocycles. The second kappa shape index (κ2) is 6.33. The third kappa shape index (κ3) is 5.09. The number of esters is 1. The number of hydrogen-bond donors (Lipinski definition) is 1. The number of nitrogens with one attached hydrogen (secondary N) is 1. The van der Waals surface area contributed by atoms with Crippen LogP contribution in [0.3, 0.4) is 0 Å². The summed E-state index contributed by atoms with van der Waals surface area (Å²) in [5, 5.41) is 2.39. The molecule has 7 heteroatoms. The largest absolute Gasteiger partial charge is 0.462 e. The maximum Gasteiger partial charge on any atom is 0.340 e. The van der Waals surface area contributed by atoms with Crippen LogP contribution in [0.25, 0.3) is 0 Å². The Labute approximate surface area is 111 Å². The maximum atomic E-state index is 11.6.